The molecular weight excluding hydrogens is 288 g/mol. The second-order valence-corrected chi connectivity index (χ2v) is 5.35. The third kappa shape index (κ3) is 2.15. The fourth-order valence-corrected chi connectivity index (χ4v) is 2.79. The van der Waals surface area contributed by atoms with Crippen molar-refractivity contribution in [3.8, 4) is 16.9 Å². The second-order valence-electron chi connectivity index (χ2n) is 5.35. The molecule has 0 spiro atoms. The predicted molar refractivity (Wildman–Crippen MR) is 90.7 cm³/mol. The van der Waals surface area contributed by atoms with Crippen molar-refractivity contribution in [2.45, 2.75) is 6.92 Å². The Balaban J connectivity index is 1.90. The van der Waals surface area contributed by atoms with Gasteiger partial charge in [0, 0.05) is 29.8 Å². The molecule has 1 aromatic carbocycles. The van der Waals surface area contributed by atoms with Crippen LogP contribution in [0.25, 0.3) is 28.0 Å². The molecule has 0 atom stereocenters. The third-order valence-corrected chi connectivity index (χ3v) is 3.92. The van der Waals surface area contributed by atoms with Gasteiger partial charge in [-0.2, -0.15) is 10.2 Å². The van der Waals surface area contributed by atoms with Gasteiger partial charge in [-0.15, -0.1) is 0 Å². The van der Waals surface area contributed by atoms with Gasteiger partial charge in [0.05, 0.1) is 17.6 Å². The molecule has 6 nitrogen and oxygen atoms in total. The molecule has 0 saturated heterocycles. The molecule has 0 fully saturated rings. The van der Waals surface area contributed by atoms with E-state index in [1.165, 1.54) is 0 Å². The van der Waals surface area contributed by atoms with Crippen LogP contribution in [0.15, 0.2) is 48.8 Å². The summed E-state index contributed by atoms with van der Waals surface area (Å²) in [7, 11) is 1.91. The number of rotatable bonds is 3. The monoisotopic (exact) mass is 304 g/mol. The normalized spacial score (nSPS) is 11.0. The highest BCUT2D eigenvalue weighted by Crippen LogP contribution is 2.30. The Morgan fingerprint density at radius 1 is 1.13 bits per heavy atom. The van der Waals surface area contributed by atoms with Crippen molar-refractivity contribution < 1.29 is 0 Å². The van der Waals surface area contributed by atoms with Crippen LogP contribution in [-0.2, 0) is 0 Å². The van der Waals surface area contributed by atoms with E-state index in [0.29, 0.717) is 0 Å². The minimum absolute atomic E-state index is 0.780. The Morgan fingerprint density at radius 3 is 2.74 bits per heavy atom. The molecule has 2 N–H and O–H groups in total. The number of anilines is 1. The predicted octanol–water partition coefficient (Wildman–Crippen LogP) is 3.16. The average molecular weight is 304 g/mol. The van der Waals surface area contributed by atoms with Crippen molar-refractivity contribution in [1.29, 1.82) is 0 Å². The fourth-order valence-electron chi connectivity index (χ4n) is 2.79. The van der Waals surface area contributed by atoms with E-state index in [1.807, 2.05) is 48.3 Å². The van der Waals surface area contributed by atoms with Gasteiger partial charge in [-0.05, 0) is 25.1 Å². The van der Waals surface area contributed by atoms with Gasteiger partial charge in [0.15, 0.2) is 5.65 Å². The summed E-state index contributed by atoms with van der Waals surface area (Å²) in [6.07, 6.45) is 3.60. The Labute approximate surface area is 133 Å². The number of benzene rings is 1. The van der Waals surface area contributed by atoms with Crippen LogP contribution in [0.1, 0.15) is 5.56 Å². The molecule has 3 heterocycles. The van der Waals surface area contributed by atoms with E-state index in [0.717, 1.165) is 39.4 Å². The number of pyridine rings is 1. The molecule has 6 heteroatoms. The molecule has 0 amide bonds. The van der Waals surface area contributed by atoms with Crippen molar-refractivity contribution in [3.05, 3.63) is 54.4 Å². The highest BCUT2D eigenvalue weighted by atomic mass is 15.3. The SMILES string of the molecule is CNc1c(C)c(-c2cnc3[nH]ncc3c2)nn1-c1ccccc1. The minimum atomic E-state index is 0.780. The largest absolute Gasteiger partial charge is 0.373 e. The van der Waals surface area contributed by atoms with E-state index in [2.05, 4.69) is 33.5 Å². The van der Waals surface area contributed by atoms with Crippen LogP contribution in [0.4, 0.5) is 5.82 Å². The van der Waals surface area contributed by atoms with Crippen LogP contribution >= 0.6 is 0 Å². The van der Waals surface area contributed by atoms with Gasteiger partial charge in [-0.3, -0.25) is 5.10 Å². The summed E-state index contributed by atoms with van der Waals surface area (Å²) in [5.41, 5.74) is 4.77. The number of hydrogen-bond donors (Lipinski definition) is 2. The summed E-state index contributed by atoms with van der Waals surface area (Å²) in [6.45, 7) is 2.06. The van der Waals surface area contributed by atoms with Crippen LogP contribution in [-0.4, -0.2) is 32.0 Å². The Hall–Kier alpha value is -3.15. The first-order valence-electron chi connectivity index (χ1n) is 7.40. The van der Waals surface area contributed by atoms with E-state index in [4.69, 9.17) is 5.10 Å². The van der Waals surface area contributed by atoms with Crippen LogP contribution < -0.4 is 5.32 Å². The smallest absolute Gasteiger partial charge is 0.155 e. The molecule has 0 bridgehead atoms. The quantitative estimate of drug-likeness (QED) is 0.610. The summed E-state index contributed by atoms with van der Waals surface area (Å²) in [4.78, 5) is 4.41. The number of H-pyrrole nitrogens is 1. The van der Waals surface area contributed by atoms with Gasteiger partial charge < -0.3 is 5.32 Å². The molecule has 0 aliphatic rings. The van der Waals surface area contributed by atoms with E-state index in [-0.39, 0.29) is 0 Å². The molecule has 0 aliphatic heterocycles. The van der Waals surface area contributed by atoms with Crippen LogP contribution in [0, 0.1) is 6.92 Å². The zero-order chi connectivity index (χ0) is 15.8. The number of nitrogens with zero attached hydrogens (tertiary/aromatic N) is 4. The maximum Gasteiger partial charge on any atom is 0.155 e. The molecule has 0 radical (unpaired) electrons. The molecule has 0 saturated carbocycles. The van der Waals surface area contributed by atoms with Crippen LogP contribution in [0.2, 0.25) is 0 Å². The van der Waals surface area contributed by atoms with Crippen molar-refractivity contribution >= 4 is 16.9 Å². The highest BCUT2D eigenvalue weighted by Gasteiger charge is 2.16. The fraction of sp³-hybridized carbons (Fsp3) is 0.118. The lowest BCUT2D eigenvalue weighted by Gasteiger charge is -2.06. The van der Waals surface area contributed by atoms with Crippen LogP contribution in [0.5, 0.6) is 0 Å². The van der Waals surface area contributed by atoms with E-state index in [1.54, 1.807) is 6.20 Å². The lowest BCUT2D eigenvalue weighted by Crippen LogP contribution is -2.02. The summed E-state index contributed by atoms with van der Waals surface area (Å²) < 4.78 is 1.92. The topological polar surface area (TPSA) is 71.4 Å². The summed E-state index contributed by atoms with van der Waals surface area (Å²) >= 11 is 0. The van der Waals surface area contributed by atoms with E-state index in [9.17, 15) is 0 Å². The zero-order valence-corrected chi connectivity index (χ0v) is 12.9. The first-order chi connectivity index (χ1) is 11.3. The molecule has 0 unspecified atom stereocenters. The third-order valence-electron chi connectivity index (χ3n) is 3.92. The Bertz CT molecular complexity index is 967. The molecule has 0 aliphatic carbocycles. The average Bonchev–Trinajstić information content (AvgIpc) is 3.18. The number of hydrogen-bond acceptors (Lipinski definition) is 4. The van der Waals surface area contributed by atoms with Gasteiger partial charge in [-0.25, -0.2) is 9.67 Å². The van der Waals surface area contributed by atoms with Gasteiger partial charge in [0.1, 0.15) is 5.82 Å². The maximum atomic E-state index is 4.80. The molecule has 3 aromatic heterocycles. The summed E-state index contributed by atoms with van der Waals surface area (Å²) in [5, 5.41) is 15.9. The molecular formula is C17H16N6. The van der Waals surface area contributed by atoms with Gasteiger partial charge in [0.25, 0.3) is 0 Å². The van der Waals surface area contributed by atoms with Gasteiger partial charge >= 0.3 is 0 Å². The second kappa shape index (κ2) is 5.24. The van der Waals surface area contributed by atoms with Crippen molar-refractivity contribution in [3.63, 3.8) is 0 Å². The Morgan fingerprint density at radius 2 is 1.96 bits per heavy atom. The van der Waals surface area contributed by atoms with Crippen molar-refractivity contribution in [2.75, 3.05) is 12.4 Å². The zero-order valence-electron chi connectivity index (χ0n) is 12.9. The first-order valence-corrected chi connectivity index (χ1v) is 7.40. The van der Waals surface area contributed by atoms with Crippen molar-refractivity contribution in [2.24, 2.45) is 0 Å². The lowest BCUT2D eigenvalue weighted by molar-refractivity contribution is 0.888. The standard InChI is InChI=1S/C17H16N6/c1-11-15(12-8-13-10-20-21-16(13)19-9-12)22-23(17(11)18-2)14-6-4-3-5-7-14/h3-10,18H,1-2H3,(H,19,20,21). The number of aromatic amines is 1. The molecule has 4 rings (SSSR count). The van der Waals surface area contributed by atoms with Crippen molar-refractivity contribution in [1.82, 2.24) is 25.0 Å². The first kappa shape index (κ1) is 13.5. The van der Waals surface area contributed by atoms with Gasteiger partial charge in [0.2, 0.25) is 0 Å². The van der Waals surface area contributed by atoms with Gasteiger partial charge in [-0.1, -0.05) is 18.2 Å². The number of fused-ring (bicyclic) bond motifs is 1. The number of aromatic nitrogens is 5. The van der Waals surface area contributed by atoms with Crippen LogP contribution in [0.3, 0.4) is 0 Å². The number of nitrogens with one attached hydrogen (secondary N) is 2. The molecule has 114 valence electrons. The molecule has 23 heavy (non-hydrogen) atoms. The Kier molecular flexibility index (Phi) is 3.08. The minimum Gasteiger partial charge on any atom is -0.373 e. The number of para-hydroxylation sites is 1. The van der Waals surface area contributed by atoms with E-state index < -0.39 is 0 Å². The van der Waals surface area contributed by atoms with E-state index >= 15 is 0 Å². The molecule has 4 aromatic rings. The lowest BCUT2D eigenvalue weighted by atomic mass is 10.1. The maximum absolute atomic E-state index is 4.80. The summed E-state index contributed by atoms with van der Waals surface area (Å²) in [5.74, 6) is 0.971. The summed E-state index contributed by atoms with van der Waals surface area (Å²) in [6, 6.07) is 12.1. The highest BCUT2D eigenvalue weighted by molar-refractivity contribution is 5.81.